The summed E-state index contributed by atoms with van der Waals surface area (Å²) >= 11 is 0. The number of aryl methyl sites for hydroxylation is 2. The van der Waals surface area contributed by atoms with Crippen LogP contribution in [0, 0.1) is 12.8 Å². The van der Waals surface area contributed by atoms with E-state index in [4.69, 9.17) is 0 Å². The second-order valence-corrected chi connectivity index (χ2v) is 11.0. The normalized spacial score (nSPS) is 22.8. The molecule has 33 heavy (non-hydrogen) atoms. The van der Waals surface area contributed by atoms with E-state index in [0.29, 0.717) is 11.4 Å². The molecule has 0 N–H and O–H groups in total. The maximum Gasteiger partial charge on any atom is 0.175 e. The third-order valence-electron chi connectivity index (χ3n) is 6.40. The van der Waals surface area contributed by atoms with Crippen LogP contribution in [0.1, 0.15) is 43.1 Å². The van der Waals surface area contributed by atoms with Crippen molar-refractivity contribution in [1.82, 2.24) is 29.8 Å². The van der Waals surface area contributed by atoms with E-state index in [1.54, 1.807) is 23.1 Å². The molecule has 3 aromatic rings. The molecule has 3 atom stereocenters. The number of sulfone groups is 1. The molecule has 1 aliphatic heterocycles. The zero-order valence-electron chi connectivity index (χ0n) is 19.3. The number of anilines is 1. The molecule has 3 heterocycles. The number of benzene rings is 1. The van der Waals surface area contributed by atoms with Crippen molar-refractivity contribution < 1.29 is 8.42 Å². The molecule has 0 radical (unpaired) electrons. The van der Waals surface area contributed by atoms with Crippen molar-refractivity contribution in [1.29, 1.82) is 0 Å². The average molecular weight is 466 g/mol. The van der Waals surface area contributed by atoms with E-state index in [-0.39, 0.29) is 17.9 Å². The second kappa shape index (κ2) is 7.65. The fraction of sp³-hybridized carbons (Fsp3) is 0.391. The minimum atomic E-state index is -3.27. The number of allylic oxidation sites excluding steroid dienone is 4. The molecule has 3 unspecified atom stereocenters. The summed E-state index contributed by atoms with van der Waals surface area (Å²) in [5.41, 5.74) is 3.88. The Kier molecular flexibility index (Phi) is 5.00. The summed E-state index contributed by atoms with van der Waals surface area (Å²) in [7, 11) is -1.46. The first-order chi connectivity index (χ1) is 15.6. The maximum absolute atomic E-state index is 12.0. The first kappa shape index (κ1) is 21.6. The molecule has 10 heteroatoms. The topological polar surface area (TPSA) is 98.8 Å². The van der Waals surface area contributed by atoms with Crippen molar-refractivity contribution in [3.8, 4) is 0 Å². The second-order valence-electron chi connectivity index (χ2n) is 8.97. The molecule has 0 saturated heterocycles. The maximum atomic E-state index is 12.0. The minimum absolute atomic E-state index is 0.00922. The number of hydrogen-bond acceptors (Lipinski definition) is 7. The number of fused-ring (bicyclic) bond motifs is 3. The van der Waals surface area contributed by atoms with Crippen LogP contribution >= 0.6 is 0 Å². The van der Waals surface area contributed by atoms with Gasteiger partial charge in [0.2, 0.25) is 0 Å². The van der Waals surface area contributed by atoms with Crippen LogP contribution in [0.5, 0.6) is 0 Å². The van der Waals surface area contributed by atoms with E-state index in [2.05, 4.69) is 55.9 Å². The van der Waals surface area contributed by atoms with Crippen LogP contribution in [0.25, 0.3) is 5.57 Å². The Morgan fingerprint density at radius 2 is 1.82 bits per heavy atom. The summed E-state index contributed by atoms with van der Waals surface area (Å²) in [6.07, 6.45) is 7.39. The molecular formula is C23H27N7O2S. The zero-order chi connectivity index (χ0) is 23.5. The third kappa shape index (κ3) is 3.68. The van der Waals surface area contributed by atoms with Gasteiger partial charge >= 0.3 is 0 Å². The lowest BCUT2D eigenvalue weighted by atomic mass is 9.88. The van der Waals surface area contributed by atoms with Crippen LogP contribution in [0.15, 0.2) is 53.2 Å². The van der Waals surface area contributed by atoms with Crippen molar-refractivity contribution in [3.63, 3.8) is 0 Å². The fourth-order valence-electron chi connectivity index (χ4n) is 4.83. The van der Waals surface area contributed by atoms with Gasteiger partial charge in [0, 0.05) is 48.6 Å². The van der Waals surface area contributed by atoms with Crippen molar-refractivity contribution in [3.05, 3.63) is 65.7 Å². The van der Waals surface area contributed by atoms with Crippen LogP contribution < -0.4 is 4.90 Å². The Morgan fingerprint density at radius 3 is 2.45 bits per heavy atom. The van der Waals surface area contributed by atoms with E-state index in [1.807, 2.05) is 26.1 Å². The van der Waals surface area contributed by atoms with Crippen LogP contribution in [-0.4, -0.2) is 51.0 Å². The van der Waals surface area contributed by atoms with Gasteiger partial charge in [0.05, 0.1) is 17.1 Å². The minimum Gasteiger partial charge on any atom is -0.342 e. The van der Waals surface area contributed by atoms with Crippen LogP contribution in [0.2, 0.25) is 0 Å². The lowest BCUT2D eigenvalue weighted by Crippen LogP contribution is -2.32. The molecule has 0 spiro atoms. The van der Waals surface area contributed by atoms with Gasteiger partial charge in [-0.05, 0) is 37.3 Å². The summed E-state index contributed by atoms with van der Waals surface area (Å²) < 4.78 is 26.2. The quantitative estimate of drug-likeness (QED) is 0.586. The summed E-state index contributed by atoms with van der Waals surface area (Å²) in [6, 6.07) is 7.12. The largest absolute Gasteiger partial charge is 0.342 e. The number of nitrogens with zero attached hydrogens (tertiary/aromatic N) is 7. The highest BCUT2D eigenvalue weighted by Gasteiger charge is 2.38. The van der Waals surface area contributed by atoms with Crippen LogP contribution in [0.3, 0.4) is 0 Å². The molecule has 172 valence electrons. The van der Waals surface area contributed by atoms with E-state index < -0.39 is 9.84 Å². The zero-order valence-corrected chi connectivity index (χ0v) is 20.2. The molecule has 5 rings (SSSR count). The Bertz CT molecular complexity index is 1380. The van der Waals surface area contributed by atoms with Gasteiger partial charge in [-0.15, -0.1) is 10.2 Å². The summed E-state index contributed by atoms with van der Waals surface area (Å²) in [6.45, 7) is 7.03. The van der Waals surface area contributed by atoms with Crippen molar-refractivity contribution in [2.45, 2.75) is 37.6 Å². The molecule has 2 aromatic heterocycles. The lowest BCUT2D eigenvalue weighted by Gasteiger charge is -2.36. The first-order valence-corrected chi connectivity index (χ1v) is 12.8. The predicted octanol–water partition coefficient (Wildman–Crippen LogP) is 2.90. The van der Waals surface area contributed by atoms with Gasteiger partial charge in [-0.3, -0.25) is 0 Å². The highest BCUT2D eigenvalue weighted by atomic mass is 32.2. The van der Waals surface area contributed by atoms with Crippen LogP contribution in [0.4, 0.5) is 5.69 Å². The number of aromatic nitrogens is 6. The standard InChI is InChI=1S/C23H27N7O2S/c1-14-10-17(20-12-24-28(4)27-20)11-21-22(14)30-16(3)25-26-23(30)15(2)13-29(21)18-6-8-19(9-7-18)33(5,31)32/h6-12,14-15,22H,13H2,1-5H3. The van der Waals surface area contributed by atoms with Gasteiger partial charge in [-0.25, -0.2) is 8.42 Å². The van der Waals surface area contributed by atoms with Gasteiger partial charge in [-0.1, -0.05) is 19.9 Å². The Labute approximate surface area is 193 Å². The lowest BCUT2D eigenvalue weighted by molar-refractivity contribution is 0.442. The van der Waals surface area contributed by atoms with E-state index in [9.17, 15) is 8.42 Å². The summed E-state index contributed by atoms with van der Waals surface area (Å²) in [5.74, 6) is 2.12. The first-order valence-electron chi connectivity index (χ1n) is 10.9. The highest BCUT2D eigenvalue weighted by molar-refractivity contribution is 7.90. The third-order valence-corrected chi connectivity index (χ3v) is 7.53. The Balaban J connectivity index is 1.67. The predicted molar refractivity (Wildman–Crippen MR) is 125 cm³/mol. The molecule has 0 bridgehead atoms. The molecular weight excluding hydrogens is 438 g/mol. The van der Waals surface area contributed by atoms with Crippen molar-refractivity contribution >= 4 is 21.1 Å². The van der Waals surface area contributed by atoms with Crippen molar-refractivity contribution in [2.24, 2.45) is 13.0 Å². The van der Waals surface area contributed by atoms with E-state index >= 15 is 0 Å². The molecule has 9 nitrogen and oxygen atoms in total. The SMILES string of the molecule is Cc1nnc2n1C1C(=CC(c3cnn(C)n3)=CC1C)N(c1ccc(S(C)(=O)=O)cc1)CC2C. The molecule has 1 aromatic carbocycles. The van der Waals surface area contributed by atoms with Gasteiger partial charge in [0.15, 0.2) is 9.84 Å². The van der Waals surface area contributed by atoms with Crippen molar-refractivity contribution in [2.75, 3.05) is 17.7 Å². The van der Waals surface area contributed by atoms with Gasteiger partial charge in [0.25, 0.3) is 0 Å². The van der Waals surface area contributed by atoms with Crippen LogP contribution in [-0.2, 0) is 16.9 Å². The fourth-order valence-corrected chi connectivity index (χ4v) is 5.46. The highest BCUT2D eigenvalue weighted by Crippen LogP contribution is 2.44. The Morgan fingerprint density at radius 1 is 1.09 bits per heavy atom. The molecule has 0 fully saturated rings. The Hall–Kier alpha value is -3.27. The monoisotopic (exact) mass is 465 g/mol. The average Bonchev–Trinajstić information content (AvgIpc) is 3.33. The number of rotatable bonds is 3. The van der Waals surface area contributed by atoms with E-state index in [1.165, 1.54) is 6.26 Å². The van der Waals surface area contributed by atoms with Gasteiger partial charge in [-0.2, -0.15) is 15.0 Å². The van der Waals surface area contributed by atoms with Gasteiger partial charge < -0.3 is 9.47 Å². The molecule has 0 saturated carbocycles. The molecule has 1 aliphatic carbocycles. The van der Waals surface area contributed by atoms with E-state index in [0.717, 1.165) is 34.3 Å². The summed E-state index contributed by atoms with van der Waals surface area (Å²) in [5, 5.41) is 17.7. The number of hydrogen-bond donors (Lipinski definition) is 0. The van der Waals surface area contributed by atoms with Gasteiger partial charge in [0.1, 0.15) is 17.3 Å². The molecule has 2 aliphatic rings. The smallest absolute Gasteiger partial charge is 0.175 e. The summed E-state index contributed by atoms with van der Waals surface area (Å²) in [4.78, 5) is 4.14. The molecule has 0 amide bonds.